The fraction of sp³-hybridized carbons (Fsp3) is 0.312. The molecule has 1 unspecified atom stereocenters. The average molecular weight is 363 g/mol. The fourth-order valence-corrected chi connectivity index (χ4v) is 4.11. The zero-order valence-corrected chi connectivity index (χ0v) is 14.2. The molecule has 0 bridgehead atoms. The molecule has 8 nitrogen and oxygen atoms in total. The second-order valence-corrected chi connectivity index (χ2v) is 6.67. The second-order valence-electron chi connectivity index (χ2n) is 5.57. The Morgan fingerprint density at radius 3 is 2.68 bits per heavy atom. The van der Waals surface area contributed by atoms with Crippen molar-refractivity contribution >= 4 is 29.5 Å². The molecule has 0 aromatic heterocycles. The molecule has 1 aromatic rings. The number of hydrogen-bond donors (Lipinski definition) is 3. The van der Waals surface area contributed by atoms with Gasteiger partial charge in [0.05, 0.1) is 12.9 Å². The smallest absolute Gasteiger partial charge is 0.356 e. The van der Waals surface area contributed by atoms with Crippen LogP contribution in [0.4, 0.5) is 0 Å². The Kier molecular flexibility index (Phi) is 4.69. The topological polar surface area (TPSA) is 122 Å². The number of hydrogen-bond acceptors (Lipinski definition) is 6. The standard InChI is InChI=1S/C16H17N3O5S/c1-24-9-7-25-15-11(14(21)19(15)12(9)16(22)23)18-13(20)10(17)8-5-3-2-4-6-8/h2-6,10-11,15H,7,17H2,1H3,(H,18,20)(H,22,23)/t10?,11-,15-/m1/s1. The monoisotopic (exact) mass is 363 g/mol. The van der Waals surface area contributed by atoms with E-state index in [1.54, 1.807) is 24.3 Å². The van der Waals surface area contributed by atoms with Crippen molar-refractivity contribution in [3.63, 3.8) is 0 Å². The zero-order chi connectivity index (χ0) is 18.1. The number of carboxylic acid groups (broad SMARTS) is 1. The van der Waals surface area contributed by atoms with Crippen molar-refractivity contribution in [2.24, 2.45) is 5.73 Å². The third kappa shape index (κ3) is 2.96. The van der Waals surface area contributed by atoms with E-state index in [0.717, 1.165) is 4.90 Å². The predicted molar refractivity (Wildman–Crippen MR) is 90.1 cm³/mol. The van der Waals surface area contributed by atoms with Crippen molar-refractivity contribution in [1.82, 2.24) is 10.2 Å². The highest BCUT2D eigenvalue weighted by molar-refractivity contribution is 8.00. The molecule has 1 saturated heterocycles. The first kappa shape index (κ1) is 17.3. The lowest BCUT2D eigenvalue weighted by Gasteiger charge is -2.49. The molecule has 0 spiro atoms. The predicted octanol–water partition coefficient (Wildman–Crippen LogP) is 0.0289. The van der Waals surface area contributed by atoms with Gasteiger partial charge in [0, 0.05) is 0 Å². The number of amides is 2. The van der Waals surface area contributed by atoms with E-state index in [1.807, 2.05) is 6.07 Å². The van der Waals surface area contributed by atoms with E-state index >= 15 is 0 Å². The normalized spacial score (nSPS) is 23.4. The molecule has 0 aliphatic carbocycles. The maximum atomic E-state index is 12.4. The Bertz CT molecular complexity index is 751. The highest BCUT2D eigenvalue weighted by Gasteiger charge is 2.54. The Balaban J connectivity index is 1.73. The summed E-state index contributed by atoms with van der Waals surface area (Å²) in [7, 11) is 1.36. The zero-order valence-electron chi connectivity index (χ0n) is 13.3. The van der Waals surface area contributed by atoms with Crippen molar-refractivity contribution in [2.75, 3.05) is 12.9 Å². The summed E-state index contributed by atoms with van der Waals surface area (Å²) in [6.45, 7) is 0. The molecule has 1 aromatic carbocycles. The van der Waals surface area contributed by atoms with Gasteiger partial charge in [-0.25, -0.2) is 4.79 Å². The van der Waals surface area contributed by atoms with E-state index in [4.69, 9.17) is 10.5 Å². The number of β-lactam (4-membered cyclic amide) rings is 1. The summed E-state index contributed by atoms with van der Waals surface area (Å²) in [6.07, 6.45) is 0. The number of ether oxygens (including phenoxy) is 1. The molecule has 2 aliphatic rings. The van der Waals surface area contributed by atoms with Crippen LogP contribution in [0, 0.1) is 0 Å². The number of benzene rings is 1. The van der Waals surface area contributed by atoms with Gasteiger partial charge in [-0.15, -0.1) is 11.8 Å². The average Bonchev–Trinajstić information content (AvgIpc) is 2.64. The van der Waals surface area contributed by atoms with Crippen molar-refractivity contribution in [2.45, 2.75) is 17.5 Å². The van der Waals surface area contributed by atoms with Crippen LogP contribution in [0.2, 0.25) is 0 Å². The number of aliphatic carboxylic acids is 1. The number of fused-ring (bicyclic) bond motifs is 1. The minimum absolute atomic E-state index is 0.172. The van der Waals surface area contributed by atoms with Gasteiger partial charge >= 0.3 is 5.97 Å². The number of nitrogens with two attached hydrogens (primary N) is 1. The molecule has 3 atom stereocenters. The molecule has 0 saturated carbocycles. The molecule has 132 valence electrons. The number of rotatable bonds is 5. The molecule has 2 amide bonds. The number of thioether (sulfide) groups is 1. The Labute approximate surface area is 148 Å². The summed E-state index contributed by atoms with van der Waals surface area (Å²) in [4.78, 5) is 37.3. The maximum Gasteiger partial charge on any atom is 0.356 e. The third-order valence-corrected chi connectivity index (χ3v) is 5.37. The lowest BCUT2D eigenvalue weighted by molar-refractivity contribution is -0.151. The summed E-state index contributed by atoms with van der Waals surface area (Å²) in [5.74, 6) is -1.67. The number of carbonyl (C=O) groups excluding carboxylic acids is 2. The van der Waals surface area contributed by atoms with Crippen LogP contribution >= 0.6 is 11.8 Å². The van der Waals surface area contributed by atoms with E-state index < -0.39 is 35.2 Å². The van der Waals surface area contributed by atoms with Crippen LogP contribution in [0.25, 0.3) is 0 Å². The van der Waals surface area contributed by atoms with Crippen molar-refractivity contribution in [3.05, 3.63) is 47.4 Å². The van der Waals surface area contributed by atoms with E-state index in [9.17, 15) is 19.5 Å². The van der Waals surface area contributed by atoms with E-state index in [0.29, 0.717) is 11.3 Å². The highest BCUT2D eigenvalue weighted by atomic mass is 32.2. The molecule has 9 heteroatoms. The molecule has 2 aliphatic heterocycles. The second kappa shape index (κ2) is 6.77. The fourth-order valence-electron chi connectivity index (χ4n) is 2.80. The quantitative estimate of drug-likeness (QED) is 0.631. The van der Waals surface area contributed by atoms with Crippen LogP contribution in [0.15, 0.2) is 41.8 Å². The molecule has 25 heavy (non-hydrogen) atoms. The van der Waals surface area contributed by atoms with Crippen molar-refractivity contribution < 1.29 is 24.2 Å². The number of nitrogens with zero attached hydrogens (tertiary/aromatic N) is 1. The van der Waals surface area contributed by atoms with E-state index in [1.165, 1.54) is 18.9 Å². The van der Waals surface area contributed by atoms with Crippen LogP contribution < -0.4 is 11.1 Å². The summed E-state index contributed by atoms with van der Waals surface area (Å²) in [5.41, 5.74) is 6.39. The molecular weight excluding hydrogens is 346 g/mol. The molecule has 2 heterocycles. The lowest BCUT2D eigenvalue weighted by atomic mass is 10.0. The number of nitrogens with one attached hydrogen (secondary N) is 1. The minimum atomic E-state index is -1.23. The molecule has 4 N–H and O–H groups in total. The number of carboxylic acids is 1. The Hall–Kier alpha value is -2.52. The van der Waals surface area contributed by atoms with Crippen LogP contribution in [0.3, 0.4) is 0 Å². The summed E-state index contributed by atoms with van der Waals surface area (Å²) in [5, 5.41) is 11.5. The van der Waals surface area contributed by atoms with E-state index in [2.05, 4.69) is 5.32 Å². The first-order valence-corrected chi connectivity index (χ1v) is 8.56. The van der Waals surface area contributed by atoms with Gasteiger partial charge in [0.2, 0.25) is 5.91 Å². The van der Waals surface area contributed by atoms with Crippen molar-refractivity contribution in [3.8, 4) is 0 Å². The summed E-state index contributed by atoms with van der Waals surface area (Å²) in [6, 6.07) is 7.10. The van der Waals surface area contributed by atoms with Gasteiger partial charge in [-0.05, 0) is 5.56 Å². The van der Waals surface area contributed by atoms with Gasteiger partial charge in [-0.2, -0.15) is 0 Å². The molecule has 3 rings (SSSR count). The van der Waals surface area contributed by atoms with Gasteiger partial charge in [0.15, 0.2) is 5.70 Å². The third-order valence-electron chi connectivity index (χ3n) is 4.12. The largest absolute Gasteiger partial charge is 0.498 e. The summed E-state index contributed by atoms with van der Waals surface area (Å²) < 4.78 is 5.06. The first-order chi connectivity index (χ1) is 12.0. The SMILES string of the molecule is COC1=C(C(=O)O)N2C(=O)[C@@H](NC(=O)C(N)c3ccccc3)[C@H]2SC1. The number of carbonyl (C=O) groups is 3. The van der Waals surface area contributed by atoms with Gasteiger partial charge in [0.1, 0.15) is 23.2 Å². The Morgan fingerprint density at radius 2 is 2.08 bits per heavy atom. The first-order valence-electron chi connectivity index (χ1n) is 7.51. The number of methoxy groups -OCH3 is 1. The van der Waals surface area contributed by atoms with Crippen LogP contribution in [0.1, 0.15) is 11.6 Å². The molecule has 1 fully saturated rings. The van der Waals surface area contributed by atoms with Gasteiger partial charge in [-0.1, -0.05) is 30.3 Å². The van der Waals surface area contributed by atoms with Gasteiger partial charge in [0.25, 0.3) is 5.91 Å². The highest BCUT2D eigenvalue weighted by Crippen LogP contribution is 2.40. The van der Waals surface area contributed by atoms with Gasteiger partial charge < -0.3 is 20.9 Å². The Morgan fingerprint density at radius 1 is 1.40 bits per heavy atom. The summed E-state index contributed by atoms with van der Waals surface area (Å²) >= 11 is 1.33. The maximum absolute atomic E-state index is 12.4. The van der Waals surface area contributed by atoms with Crippen LogP contribution in [-0.2, 0) is 19.1 Å². The van der Waals surface area contributed by atoms with Gasteiger partial charge in [-0.3, -0.25) is 14.5 Å². The van der Waals surface area contributed by atoms with Crippen molar-refractivity contribution in [1.29, 1.82) is 0 Å². The molecular formula is C16H17N3O5S. The van der Waals surface area contributed by atoms with Crippen LogP contribution in [0.5, 0.6) is 0 Å². The van der Waals surface area contributed by atoms with Crippen LogP contribution in [-0.4, -0.2) is 52.1 Å². The van der Waals surface area contributed by atoms with E-state index in [-0.39, 0.29) is 11.5 Å². The molecule has 0 radical (unpaired) electrons. The minimum Gasteiger partial charge on any atom is -0.498 e. The lowest BCUT2D eigenvalue weighted by Crippen LogP contribution is -2.71.